The van der Waals surface area contributed by atoms with Gasteiger partial charge in [0.1, 0.15) is 4.21 Å². The smallest absolute Gasteiger partial charge is 0.250 e. The highest BCUT2D eigenvalue weighted by molar-refractivity contribution is 7.99. The van der Waals surface area contributed by atoms with Crippen molar-refractivity contribution < 1.29 is 8.42 Å². The Morgan fingerprint density at radius 3 is 3.00 bits per heavy atom. The Morgan fingerprint density at radius 1 is 1.50 bits per heavy atom. The summed E-state index contributed by atoms with van der Waals surface area (Å²) >= 11 is 3.11. The predicted octanol–water partition coefficient (Wildman–Crippen LogP) is 1.64. The van der Waals surface area contributed by atoms with E-state index in [0.29, 0.717) is 10.8 Å². The molecule has 0 bridgehead atoms. The molecule has 2 N–H and O–H groups in total. The number of rotatable bonds is 5. The first-order chi connectivity index (χ1) is 8.62. The van der Waals surface area contributed by atoms with E-state index in [0.717, 1.165) is 29.9 Å². The van der Waals surface area contributed by atoms with Crippen LogP contribution in [0, 0.1) is 0 Å². The summed E-state index contributed by atoms with van der Waals surface area (Å²) in [5.41, 5.74) is 1.01. The van der Waals surface area contributed by atoms with Gasteiger partial charge in [0.05, 0.1) is 0 Å². The lowest BCUT2D eigenvalue weighted by atomic mass is 10.2. The van der Waals surface area contributed by atoms with E-state index in [1.165, 1.54) is 11.3 Å². The van der Waals surface area contributed by atoms with Gasteiger partial charge in [-0.2, -0.15) is 11.8 Å². The van der Waals surface area contributed by atoms with Crippen molar-refractivity contribution in [2.75, 3.05) is 18.6 Å². The average Bonchev–Trinajstić information content (AvgIpc) is 2.80. The van der Waals surface area contributed by atoms with E-state index in [1.54, 1.807) is 6.07 Å². The molecular weight excluding hydrogens is 288 g/mol. The molecule has 0 aromatic carbocycles. The van der Waals surface area contributed by atoms with Crippen molar-refractivity contribution in [1.82, 2.24) is 10.0 Å². The first-order valence-corrected chi connectivity index (χ1v) is 9.45. The van der Waals surface area contributed by atoms with Crippen LogP contribution in [0.5, 0.6) is 0 Å². The van der Waals surface area contributed by atoms with Crippen LogP contribution in [0.15, 0.2) is 15.7 Å². The molecule has 102 valence electrons. The van der Waals surface area contributed by atoms with E-state index < -0.39 is 10.0 Å². The van der Waals surface area contributed by atoms with Gasteiger partial charge in [0.25, 0.3) is 0 Å². The lowest BCUT2D eigenvalue weighted by Crippen LogP contribution is -2.37. The zero-order valence-electron chi connectivity index (χ0n) is 10.3. The van der Waals surface area contributed by atoms with Crippen LogP contribution in [0.2, 0.25) is 0 Å². The third-order valence-electron chi connectivity index (χ3n) is 2.76. The van der Waals surface area contributed by atoms with Crippen LogP contribution >= 0.6 is 23.1 Å². The molecule has 1 unspecified atom stereocenters. The second kappa shape index (κ2) is 6.38. The number of nitrogens with one attached hydrogen (secondary N) is 2. The summed E-state index contributed by atoms with van der Waals surface area (Å²) in [6.07, 6.45) is 2.04. The topological polar surface area (TPSA) is 58.2 Å². The second-order valence-corrected chi connectivity index (χ2v) is 8.34. The van der Waals surface area contributed by atoms with Crippen LogP contribution in [-0.2, 0) is 16.6 Å². The molecule has 2 heterocycles. The van der Waals surface area contributed by atoms with Gasteiger partial charge in [0.2, 0.25) is 10.0 Å². The van der Waals surface area contributed by atoms with E-state index in [9.17, 15) is 8.42 Å². The number of thiophene rings is 1. The number of hydrogen-bond donors (Lipinski definition) is 2. The van der Waals surface area contributed by atoms with E-state index in [2.05, 4.69) is 10.0 Å². The first-order valence-electron chi connectivity index (χ1n) is 5.94. The first kappa shape index (κ1) is 14.3. The van der Waals surface area contributed by atoms with Crippen molar-refractivity contribution in [2.45, 2.75) is 29.6 Å². The zero-order valence-corrected chi connectivity index (χ0v) is 12.8. The van der Waals surface area contributed by atoms with Crippen molar-refractivity contribution in [2.24, 2.45) is 0 Å². The fourth-order valence-electron chi connectivity index (χ4n) is 1.90. The predicted molar refractivity (Wildman–Crippen MR) is 77.8 cm³/mol. The summed E-state index contributed by atoms with van der Waals surface area (Å²) < 4.78 is 27.6. The van der Waals surface area contributed by atoms with Crippen molar-refractivity contribution in [3.63, 3.8) is 0 Å². The molecule has 1 aliphatic heterocycles. The standard InChI is InChI=1S/C11H18N2O2S3/c1-12-6-9-5-11(17-7-9)18(14,15)13-10-3-2-4-16-8-10/h5,7,10,12-13H,2-4,6,8H2,1H3. The Hall–Kier alpha value is -0.0800. The van der Waals surface area contributed by atoms with Gasteiger partial charge >= 0.3 is 0 Å². The van der Waals surface area contributed by atoms with Gasteiger partial charge in [-0.3, -0.25) is 0 Å². The van der Waals surface area contributed by atoms with E-state index in [1.807, 2.05) is 24.2 Å². The molecule has 0 amide bonds. The van der Waals surface area contributed by atoms with Crippen molar-refractivity contribution >= 4 is 33.1 Å². The van der Waals surface area contributed by atoms with Gasteiger partial charge in [-0.25, -0.2) is 13.1 Å². The maximum Gasteiger partial charge on any atom is 0.250 e. The highest BCUT2D eigenvalue weighted by atomic mass is 32.2. The number of thioether (sulfide) groups is 1. The fraction of sp³-hybridized carbons (Fsp3) is 0.636. The van der Waals surface area contributed by atoms with Gasteiger partial charge < -0.3 is 5.32 Å². The molecule has 7 heteroatoms. The van der Waals surface area contributed by atoms with Crippen LogP contribution in [0.1, 0.15) is 18.4 Å². The van der Waals surface area contributed by atoms with Gasteiger partial charge in [0, 0.05) is 18.3 Å². The Morgan fingerprint density at radius 2 is 2.33 bits per heavy atom. The highest BCUT2D eigenvalue weighted by Crippen LogP contribution is 2.23. The molecular formula is C11H18N2O2S3. The molecule has 1 atom stereocenters. The molecule has 1 aliphatic rings. The number of hydrogen-bond acceptors (Lipinski definition) is 5. The summed E-state index contributed by atoms with van der Waals surface area (Å²) in [4.78, 5) is 0. The fourth-order valence-corrected chi connectivity index (χ4v) is 5.58. The van der Waals surface area contributed by atoms with Crippen LogP contribution in [0.25, 0.3) is 0 Å². The molecule has 0 radical (unpaired) electrons. The molecule has 1 aromatic heterocycles. The van der Waals surface area contributed by atoms with Crippen molar-refractivity contribution in [3.8, 4) is 0 Å². The lowest BCUT2D eigenvalue weighted by molar-refractivity contribution is 0.544. The molecule has 18 heavy (non-hydrogen) atoms. The SMILES string of the molecule is CNCc1csc(S(=O)(=O)NC2CCCSC2)c1. The van der Waals surface area contributed by atoms with E-state index >= 15 is 0 Å². The molecule has 0 aliphatic carbocycles. The zero-order chi connectivity index (χ0) is 13.0. The Kier molecular flexibility index (Phi) is 5.08. The van der Waals surface area contributed by atoms with E-state index in [-0.39, 0.29) is 6.04 Å². The van der Waals surface area contributed by atoms with Gasteiger partial charge in [-0.05, 0) is 42.7 Å². The number of sulfonamides is 1. The average molecular weight is 306 g/mol. The van der Waals surface area contributed by atoms with Gasteiger partial charge in [-0.15, -0.1) is 11.3 Å². The van der Waals surface area contributed by atoms with Crippen LogP contribution < -0.4 is 10.0 Å². The third-order valence-corrected chi connectivity index (χ3v) is 6.98. The maximum absolute atomic E-state index is 12.2. The van der Waals surface area contributed by atoms with Crippen molar-refractivity contribution in [1.29, 1.82) is 0 Å². The second-order valence-electron chi connectivity index (χ2n) is 4.34. The minimum Gasteiger partial charge on any atom is -0.316 e. The van der Waals surface area contributed by atoms with Crippen LogP contribution in [-0.4, -0.2) is 33.0 Å². The quantitative estimate of drug-likeness (QED) is 0.868. The van der Waals surface area contributed by atoms with Gasteiger partial charge in [-0.1, -0.05) is 0 Å². The normalized spacial score (nSPS) is 21.1. The monoisotopic (exact) mass is 306 g/mol. The Balaban J connectivity index is 2.04. The summed E-state index contributed by atoms with van der Waals surface area (Å²) in [6, 6.07) is 1.84. The minimum absolute atomic E-state index is 0.0867. The van der Waals surface area contributed by atoms with Crippen LogP contribution in [0.4, 0.5) is 0 Å². The third kappa shape index (κ3) is 3.71. The molecule has 1 aromatic rings. The van der Waals surface area contributed by atoms with E-state index in [4.69, 9.17) is 0 Å². The molecule has 0 saturated carbocycles. The molecule has 0 spiro atoms. The Labute approximate surface area is 117 Å². The Bertz CT molecular complexity index is 478. The highest BCUT2D eigenvalue weighted by Gasteiger charge is 2.23. The minimum atomic E-state index is -3.33. The maximum atomic E-state index is 12.2. The largest absolute Gasteiger partial charge is 0.316 e. The summed E-state index contributed by atoms with van der Waals surface area (Å²) in [7, 11) is -1.48. The molecule has 1 fully saturated rings. The summed E-state index contributed by atoms with van der Waals surface area (Å²) in [6.45, 7) is 0.700. The summed E-state index contributed by atoms with van der Waals surface area (Å²) in [5.74, 6) is 2.03. The van der Waals surface area contributed by atoms with Crippen molar-refractivity contribution in [3.05, 3.63) is 17.0 Å². The molecule has 1 saturated heterocycles. The summed E-state index contributed by atoms with van der Waals surface area (Å²) in [5, 5.41) is 4.91. The molecule has 4 nitrogen and oxygen atoms in total. The van der Waals surface area contributed by atoms with Crippen LogP contribution in [0.3, 0.4) is 0 Å². The lowest BCUT2D eigenvalue weighted by Gasteiger charge is -2.21. The molecule has 2 rings (SSSR count). The van der Waals surface area contributed by atoms with Gasteiger partial charge in [0.15, 0.2) is 0 Å².